The second-order valence-electron chi connectivity index (χ2n) is 6.19. The van der Waals surface area contributed by atoms with Crippen molar-refractivity contribution >= 4 is 11.9 Å². The number of amides is 1. The van der Waals surface area contributed by atoms with Crippen LogP contribution in [0.2, 0.25) is 0 Å². The third-order valence-electron chi connectivity index (χ3n) is 4.02. The Morgan fingerprint density at radius 2 is 2.03 bits per heavy atom. The van der Waals surface area contributed by atoms with Gasteiger partial charge in [-0.3, -0.25) is 14.6 Å². The van der Waals surface area contributed by atoms with Crippen LogP contribution in [0.25, 0.3) is 0 Å². The summed E-state index contributed by atoms with van der Waals surface area (Å²) < 4.78 is 59.5. The lowest BCUT2D eigenvalue weighted by molar-refractivity contribution is -0.275. The van der Waals surface area contributed by atoms with Gasteiger partial charge in [-0.05, 0) is 24.6 Å². The molecule has 0 radical (unpaired) electrons. The second kappa shape index (κ2) is 9.57. The summed E-state index contributed by atoms with van der Waals surface area (Å²) in [7, 11) is 3.00. The molecule has 0 aliphatic carbocycles. The van der Waals surface area contributed by atoms with E-state index in [0.29, 0.717) is 6.54 Å². The van der Waals surface area contributed by atoms with E-state index in [1.807, 2.05) is 6.92 Å². The Hall–Kier alpha value is -3.15. The maximum atomic E-state index is 14.0. The van der Waals surface area contributed by atoms with Crippen LogP contribution in [0.15, 0.2) is 29.1 Å². The van der Waals surface area contributed by atoms with Crippen LogP contribution in [0, 0.1) is 5.82 Å². The van der Waals surface area contributed by atoms with Gasteiger partial charge in [-0.25, -0.2) is 9.37 Å². The molecule has 1 unspecified atom stereocenters. The summed E-state index contributed by atoms with van der Waals surface area (Å²) in [4.78, 5) is 32.6. The molecule has 0 bridgehead atoms. The number of methoxy groups -OCH3 is 1. The standard InChI is InChI=1S/C18H20F4N4O4/c1-4-26(2)17-24-12(8-15(27)25-17)16(28)23-13(9-29-3)10-5-6-14(11(19)7-10)30-18(20,21)22/h5-8,13H,4,9H2,1-3H3,(H,23,28)(H,24,25,27). The van der Waals surface area contributed by atoms with Crippen LogP contribution in [0.4, 0.5) is 23.5 Å². The van der Waals surface area contributed by atoms with Gasteiger partial charge < -0.3 is 19.7 Å². The van der Waals surface area contributed by atoms with Gasteiger partial charge in [0.1, 0.15) is 5.69 Å². The minimum absolute atomic E-state index is 0.116. The summed E-state index contributed by atoms with van der Waals surface area (Å²) in [5.41, 5.74) is -0.603. The summed E-state index contributed by atoms with van der Waals surface area (Å²) in [6.45, 7) is 2.23. The Morgan fingerprint density at radius 1 is 1.33 bits per heavy atom. The lowest BCUT2D eigenvalue weighted by Gasteiger charge is -2.20. The predicted octanol–water partition coefficient (Wildman–Crippen LogP) is 2.38. The van der Waals surface area contributed by atoms with E-state index in [9.17, 15) is 27.2 Å². The fraction of sp³-hybridized carbons (Fsp3) is 0.389. The van der Waals surface area contributed by atoms with Gasteiger partial charge in [0.05, 0.1) is 12.6 Å². The Balaban J connectivity index is 2.27. The highest BCUT2D eigenvalue weighted by Crippen LogP contribution is 2.28. The summed E-state index contributed by atoms with van der Waals surface area (Å²) in [6, 6.07) is 2.83. The Labute approximate surface area is 168 Å². The first kappa shape index (κ1) is 23.1. The predicted molar refractivity (Wildman–Crippen MR) is 99.0 cm³/mol. The van der Waals surface area contributed by atoms with E-state index in [2.05, 4.69) is 20.0 Å². The molecule has 0 saturated heterocycles. The van der Waals surface area contributed by atoms with Crippen molar-refractivity contribution in [3.63, 3.8) is 0 Å². The Kier molecular flexibility index (Phi) is 7.38. The molecular formula is C18H20F4N4O4. The first-order valence-corrected chi connectivity index (χ1v) is 8.71. The normalized spacial score (nSPS) is 12.4. The molecule has 1 heterocycles. The molecule has 0 fully saturated rings. The second-order valence-corrected chi connectivity index (χ2v) is 6.19. The molecule has 1 aromatic heterocycles. The zero-order chi connectivity index (χ0) is 22.5. The average Bonchev–Trinajstić information content (AvgIpc) is 2.67. The lowest BCUT2D eigenvalue weighted by atomic mass is 10.1. The maximum absolute atomic E-state index is 14.0. The highest BCUT2D eigenvalue weighted by molar-refractivity contribution is 5.92. The fourth-order valence-corrected chi connectivity index (χ4v) is 2.45. The van der Waals surface area contributed by atoms with Crippen LogP contribution >= 0.6 is 0 Å². The molecule has 2 N–H and O–H groups in total. The highest BCUT2D eigenvalue weighted by atomic mass is 19.4. The third-order valence-corrected chi connectivity index (χ3v) is 4.02. The number of hydrogen-bond donors (Lipinski definition) is 2. The number of anilines is 1. The molecule has 2 aromatic rings. The number of rotatable bonds is 8. The maximum Gasteiger partial charge on any atom is 0.573 e. The van der Waals surface area contributed by atoms with Crippen molar-refractivity contribution in [2.75, 3.05) is 32.2 Å². The van der Waals surface area contributed by atoms with E-state index in [1.165, 1.54) is 7.11 Å². The van der Waals surface area contributed by atoms with Gasteiger partial charge in [0, 0.05) is 26.8 Å². The summed E-state index contributed by atoms with van der Waals surface area (Å²) in [5, 5.41) is 2.53. The number of benzene rings is 1. The van der Waals surface area contributed by atoms with Crippen molar-refractivity contribution in [2.45, 2.75) is 19.3 Å². The SMILES string of the molecule is CCN(C)c1nc(C(=O)NC(COC)c2ccc(OC(F)(F)F)c(F)c2)cc(=O)[nH]1. The summed E-state index contributed by atoms with van der Waals surface area (Å²) in [6.07, 6.45) is -5.04. The van der Waals surface area contributed by atoms with Gasteiger partial charge in [-0.15, -0.1) is 13.2 Å². The molecule has 30 heavy (non-hydrogen) atoms. The van der Waals surface area contributed by atoms with Crippen molar-refractivity contribution < 1.29 is 31.8 Å². The van der Waals surface area contributed by atoms with Crippen LogP contribution < -0.4 is 20.5 Å². The van der Waals surface area contributed by atoms with E-state index in [0.717, 1.165) is 24.3 Å². The number of H-pyrrole nitrogens is 1. The molecule has 12 heteroatoms. The number of nitrogens with one attached hydrogen (secondary N) is 2. The third kappa shape index (κ3) is 6.17. The van der Waals surface area contributed by atoms with Gasteiger partial charge in [-0.1, -0.05) is 6.07 Å². The number of carbonyl (C=O) groups is 1. The van der Waals surface area contributed by atoms with Gasteiger partial charge in [0.2, 0.25) is 5.95 Å². The van der Waals surface area contributed by atoms with Crippen molar-refractivity contribution in [2.24, 2.45) is 0 Å². The van der Waals surface area contributed by atoms with Crippen molar-refractivity contribution in [1.82, 2.24) is 15.3 Å². The molecule has 8 nitrogen and oxygen atoms in total. The van der Waals surface area contributed by atoms with E-state index in [4.69, 9.17) is 4.74 Å². The number of alkyl halides is 3. The number of hydrogen-bond acceptors (Lipinski definition) is 6. The van der Waals surface area contributed by atoms with E-state index < -0.39 is 35.4 Å². The van der Waals surface area contributed by atoms with Gasteiger partial charge in [-0.2, -0.15) is 0 Å². The molecular weight excluding hydrogens is 412 g/mol. The van der Waals surface area contributed by atoms with Gasteiger partial charge in [0.15, 0.2) is 11.6 Å². The molecule has 1 amide bonds. The smallest absolute Gasteiger partial charge is 0.403 e. The number of aromatic amines is 1. The molecule has 164 valence electrons. The van der Waals surface area contributed by atoms with Crippen molar-refractivity contribution in [3.05, 3.63) is 51.7 Å². The molecule has 0 saturated carbocycles. The van der Waals surface area contributed by atoms with Crippen LogP contribution in [-0.2, 0) is 4.74 Å². The minimum atomic E-state index is -5.04. The number of carbonyl (C=O) groups excluding carboxylic acids is 1. The summed E-state index contributed by atoms with van der Waals surface area (Å²) in [5.74, 6) is -2.83. The molecule has 1 atom stereocenters. The Morgan fingerprint density at radius 3 is 2.60 bits per heavy atom. The molecule has 0 aliphatic rings. The summed E-state index contributed by atoms with van der Waals surface area (Å²) >= 11 is 0. The number of ether oxygens (including phenoxy) is 2. The zero-order valence-corrected chi connectivity index (χ0v) is 16.3. The molecule has 1 aromatic carbocycles. The zero-order valence-electron chi connectivity index (χ0n) is 16.3. The number of nitrogens with zero attached hydrogens (tertiary/aromatic N) is 2. The highest BCUT2D eigenvalue weighted by Gasteiger charge is 2.32. The molecule has 2 rings (SSSR count). The van der Waals surface area contributed by atoms with E-state index >= 15 is 0 Å². The first-order valence-electron chi connectivity index (χ1n) is 8.71. The van der Waals surface area contributed by atoms with Crippen LogP contribution in [0.3, 0.4) is 0 Å². The van der Waals surface area contributed by atoms with E-state index in [-0.39, 0.29) is 23.8 Å². The topological polar surface area (TPSA) is 96.6 Å². The van der Waals surface area contributed by atoms with Gasteiger partial charge >= 0.3 is 6.36 Å². The van der Waals surface area contributed by atoms with Crippen molar-refractivity contribution in [3.8, 4) is 5.75 Å². The Bertz CT molecular complexity index is 949. The van der Waals surface area contributed by atoms with Crippen LogP contribution in [0.1, 0.15) is 29.0 Å². The van der Waals surface area contributed by atoms with Crippen LogP contribution in [0.5, 0.6) is 5.75 Å². The lowest BCUT2D eigenvalue weighted by Crippen LogP contribution is -2.33. The monoisotopic (exact) mass is 432 g/mol. The van der Waals surface area contributed by atoms with Crippen LogP contribution in [-0.4, -0.2) is 49.5 Å². The minimum Gasteiger partial charge on any atom is -0.403 e. The van der Waals surface area contributed by atoms with Crippen molar-refractivity contribution in [1.29, 1.82) is 0 Å². The number of aromatic nitrogens is 2. The molecule has 0 spiro atoms. The number of halogens is 4. The average molecular weight is 432 g/mol. The van der Waals surface area contributed by atoms with E-state index in [1.54, 1.807) is 11.9 Å². The fourth-order valence-electron chi connectivity index (χ4n) is 2.45. The first-order chi connectivity index (χ1) is 14.0. The van der Waals surface area contributed by atoms with Gasteiger partial charge in [0.25, 0.3) is 11.5 Å². The largest absolute Gasteiger partial charge is 0.573 e. The quantitative estimate of drug-likeness (QED) is 0.622. The molecule has 0 aliphatic heterocycles.